The Morgan fingerprint density at radius 1 is 1.21 bits per heavy atom. The number of rotatable bonds is 7. The van der Waals surface area contributed by atoms with E-state index in [4.69, 9.17) is 23.2 Å². The first kappa shape index (κ1) is 20.6. The second kappa shape index (κ2) is 10.4. The number of carbonyl (C=O) groups excluding carboxylic acids is 1. The molecule has 1 atom stereocenters. The molecule has 0 heterocycles. The molecule has 0 saturated carbocycles. The summed E-state index contributed by atoms with van der Waals surface area (Å²) in [5.74, 6) is 0.687. The first-order valence-electron chi connectivity index (χ1n) is 8.12. The Morgan fingerprint density at radius 3 is 2.50 bits per heavy atom. The molecule has 7 heteroatoms. The molecule has 1 rings (SSSR count). The number of guanidine groups is 1. The number of aliphatic imine (C=N–C) groups is 1. The lowest BCUT2D eigenvalue weighted by Gasteiger charge is -2.19. The van der Waals surface area contributed by atoms with E-state index in [2.05, 4.69) is 20.9 Å². The molecule has 1 unspecified atom stereocenters. The average Bonchev–Trinajstić information content (AvgIpc) is 2.50. The van der Waals surface area contributed by atoms with Gasteiger partial charge in [0.15, 0.2) is 5.96 Å². The Morgan fingerprint density at radius 2 is 1.92 bits per heavy atom. The maximum Gasteiger partial charge on any atom is 0.222 e. The van der Waals surface area contributed by atoms with Gasteiger partial charge in [-0.1, -0.05) is 43.1 Å². The van der Waals surface area contributed by atoms with Crippen LogP contribution < -0.4 is 16.0 Å². The van der Waals surface area contributed by atoms with E-state index in [9.17, 15) is 4.79 Å². The van der Waals surface area contributed by atoms with Crippen LogP contribution in [-0.2, 0) is 4.79 Å². The molecule has 1 aromatic rings. The standard InChI is InChI=1S/C17H26Cl2N4O/c1-5-20-17(22-9-8-21-16(24)11(2)3)23-12(4)14-7-6-13(18)10-15(14)19/h6-7,10-12H,5,8-9H2,1-4H3,(H,21,24)(H2,20,22,23). The second-order valence-corrected chi connectivity index (χ2v) is 6.58. The van der Waals surface area contributed by atoms with Crippen LogP contribution in [0.4, 0.5) is 0 Å². The number of hydrogen-bond donors (Lipinski definition) is 3. The highest BCUT2D eigenvalue weighted by Gasteiger charge is 2.12. The molecule has 134 valence electrons. The van der Waals surface area contributed by atoms with E-state index in [1.54, 1.807) is 6.07 Å². The summed E-state index contributed by atoms with van der Waals surface area (Å²) in [7, 11) is 0. The van der Waals surface area contributed by atoms with Gasteiger partial charge in [0.1, 0.15) is 0 Å². The summed E-state index contributed by atoms with van der Waals surface area (Å²) in [5, 5.41) is 10.6. The predicted molar refractivity (Wildman–Crippen MR) is 102 cm³/mol. The van der Waals surface area contributed by atoms with Gasteiger partial charge in [0.2, 0.25) is 5.91 Å². The van der Waals surface area contributed by atoms with Crippen molar-refractivity contribution in [3.05, 3.63) is 33.8 Å². The van der Waals surface area contributed by atoms with Crippen molar-refractivity contribution in [3.8, 4) is 0 Å². The van der Waals surface area contributed by atoms with Crippen LogP contribution in [0, 0.1) is 5.92 Å². The summed E-state index contributed by atoms with van der Waals surface area (Å²) in [4.78, 5) is 16.0. The minimum atomic E-state index is -0.0298. The van der Waals surface area contributed by atoms with Gasteiger partial charge in [-0.2, -0.15) is 0 Å². The van der Waals surface area contributed by atoms with E-state index >= 15 is 0 Å². The molecule has 0 bridgehead atoms. The van der Waals surface area contributed by atoms with Crippen LogP contribution in [0.5, 0.6) is 0 Å². The van der Waals surface area contributed by atoms with Gasteiger partial charge in [-0.25, -0.2) is 0 Å². The zero-order valence-corrected chi connectivity index (χ0v) is 16.1. The van der Waals surface area contributed by atoms with Crippen molar-refractivity contribution in [1.82, 2.24) is 16.0 Å². The fourth-order valence-electron chi connectivity index (χ4n) is 2.01. The van der Waals surface area contributed by atoms with Crippen molar-refractivity contribution >= 4 is 35.1 Å². The molecule has 0 fully saturated rings. The molecule has 0 aliphatic carbocycles. The third kappa shape index (κ3) is 6.97. The van der Waals surface area contributed by atoms with Gasteiger partial charge in [-0.15, -0.1) is 0 Å². The van der Waals surface area contributed by atoms with Gasteiger partial charge in [0.25, 0.3) is 0 Å². The van der Waals surface area contributed by atoms with Crippen molar-refractivity contribution in [2.75, 3.05) is 19.6 Å². The monoisotopic (exact) mass is 372 g/mol. The zero-order valence-electron chi connectivity index (χ0n) is 14.6. The summed E-state index contributed by atoms with van der Waals surface area (Å²) in [6.45, 7) is 9.47. The van der Waals surface area contributed by atoms with Crippen molar-refractivity contribution in [3.63, 3.8) is 0 Å². The first-order chi connectivity index (χ1) is 11.3. The van der Waals surface area contributed by atoms with Gasteiger partial charge in [0, 0.05) is 29.1 Å². The molecule has 1 amide bonds. The summed E-state index contributed by atoms with van der Waals surface area (Å²) in [5.41, 5.74) is 0.944. The van der Waals surface area contributed by atoms with Crippen molar-refractivity contribution in [2.45, 2.75) is 33.7 Å². The molecule has 24 heavy (non-hydrogen) atoms. The Labute approximate surface area is 154 Å². The molecule has 3 N–H and O–H groups in total. The molecular weight excluding hydrogens is 347 g/mol. The van der Waals surface area contributed by atoms with Gasteiger partial charge in [-0.3, -0.25) is 9.79 Å². The molecule has 5 nitrogen and oxygen atoms in total. The smallest absolute Gasteiger partial charge is 0.222 e. The number of nitrogens with zero attached hydrogens (tertiary/aromatic N) is 1. The number of halogens is 2. The Balaban J connectivity index is 2.63. The SMILES string of the molecule is CCNC(=NCCNC(=O)C(C)C)NC(C)c1ccc(Cl)cc1Cl. The quantitative estimate of drug-likeness (QED) is 0.390. The lowest BCUT2D eigenvalue weighted by atomic mass is 10.1. The van der Waals surface area contributed by atoms with E-state index in [0.29, 0.717) is 29.1 Å². The third-order valence-corrected chi connectivity index (χ3v) is 3.89. The topological polar surface area (TPSA) is 65.5 Å². The van der Waals surface area contributed by atoms with Gasteiger partial charge in [-0.05, 0) is 31.5 Å². The fourth-order valence-corrected chi connectivity index (χ4v) is 2.58. The molecule has 0 aliphatic heterocycles. The highest BCUT2D eigenvalue weighted by molar-refractivity contribution is 6.35. The molecule has 0 aliphatic rings. The van der Waals surface area contributed by atoms with Crippen LogP contribution in [0.25, 0.3) is 0 Å². The Kier molecular flexibility index (Phi) is 8.93. The summed E-state index contributed by atoms with van der Waals surface area (Å²) >= 11 is 12.2. The minimum Gasteiger partial charge on any atom is -0.357 e. The number of carbonyl (C=O) groups is 1. The van der Waals surface area contributed by atoms with E-state index in [1.807, 2.05) is 39.8 Å². The molecule has 1 aromatic carbocycles. The van der Waals surface area contributed by atoms with Crippen LogP contribution in [0.3, 0.4) is 0 Å². The Bertz CT molecular complexity index is 576. The normalized spacial score (nSPS) is 12.9. The van der Waals surface area contributed by atoms with E-state index < -0.39 is 0 Å². The lowest BCUT2D eigenvalue weighted by molar-refractivity contribution is -0.123. The highest BCUT2D eigenvalue weighted by atomic mass is 35.5. The number of amides is 1. The molecular formula is C17H26Cl2N4O. The van der Waals surface area contributed by atoms with Gasteiger partial charge >= 0.3 is 0 Å². The van der Waals surface area contributed by atoms with Crippen LogP contribution in [-0.4, -0.2) is 31.5 Å². The largest absolute Gasteiger partial charge is 0.357 e. The molecule has 0 radical (unpaired) electrons. The number of hydrogen-bond acceptors (Lipinski definition) is 2. The van der Waals surface area contributed by atoms with Gasteiger partial charge < -0.3 is 16.0 Å². The van der Waals surface area contributed by atoms with E-state index in [-0.39, 0.29) is 17.9 Å². The van der Waals surface area contributed by atoms with Crippen LogP contribution in [0.2, 0.25) is 10.0 Å². The summed E-state index contributed by atoms with van der Waals surface area (Å²) in [6, 6.07) is 5.40. The van der Waals surface area contributed by atoms with Crippen molar-refractivity contribution in [2.24, 2.45) is 10.9 Å². The highest BCUT2D eigenvalue weighted by Crippen LogP contribution is 2.25. The van der Waals surface area contributed by atoms with Crippen LogP contribution >= 0.6 is 23.2 Å². The molecule has 0 aromatic heterocycles. The van der Waals surface area contributed by atoms with Crippen LogP contribution in [0.15, 0.2) is 23.2 Å². The number of nitrogens with one attached hydrogen (secondary N) is 3. The average molecular weight is 373 g/mol. The third-order valence-electron chi connectivity index (χ3n) is 3.33. The van der Waals surface area contributed by atoms with E-state index in [0.717, 1.165) is 12.1 Å². The van der Waals surface area contributed by atoms with E-state index in [1.165, 1.54) is 0 Å². The Hall–Kier alpha value is -1.46. The van der Waals surface area contributed by atoms with Crippen molar-refractivity contribution in [1.29, 1.82) is 0 Å². The first-order valence-corrected chi connectivity index (χ1v) is 8.88. The maximum atomic E-state index is 11.5. The lowest BCUT2D eigenvalue weighted by Crippen LogP contribution is -2.39. The minimum absolute atomic E-state index is 0.0209. The molecule has 0 saturated heterocycles. The van der Waals surface area contributed by atoms with Crippen LogP contribution in [0.1, 0.15) is 39.3 Å². The van der Waals surface area contributed by atoms with Gasteiger partial charge in [0.05, 0.1) is 12.6 Å². The maximum absolute atomic E-state index is 11.5. The summed E-state index contributed by atoms with van der Waals surface area (Å²) < 4.78 is 0. The summed E-state index contributed by atoms with van der Waals surface area (Å²) in [6.07, 6.45) is 0. The zero-order chi connectivity index (χ0) is 18.1. The second-order valence-electron chi connectivity index (χ2n) is 5.74. The molecule has 0 spiro atoms. The predicted octanol–water partition coefficient (Wildman–Crippen LogP) is 3.38. The number of benzene rings is 1. The van der Waals surface area contributed by atoms with Crippen molar-refractivity contribution < 1.29 is 4.79 Å². The fraction of sp³-hybridized carbons (Fsp3) is 0.529.